The molecule has 4 rings (SSSR count). The van der Waals surface area contributed by atoms with Gasteiger partial charge in [-0.15, -0.1) is 0 Å². The number of halogens is 1. The van der Waals surface area contributed by atoms with Gasteiger partial charge >= 0.3 is 0 Å². The molecule has 3 aromatic rings. The number of piperazine rings is 1. The molecular weight excluding hydrogens is 448 g/mol. The Kier molecular flexibility index (Phi) is 8.11. The maximum Gasteiger partial charge on any atom is 0.253 e. The molecule has 1 N–H and O–H groups in total. The van der Waals surface area contributed by atoms with Crippen LogP contribution in [0.4, 0.5) is 11.6 Å². The van der Waals surface area contributed by atoms with E-state index in [9.17, 15) is 4.79 Å². The van der Waals surface area contributed by atoms with Crippen LogP contribution in [-0.2, 0) is 0 Å². The summed E-state index contributed by atoms with van der Waals surface area (Å²) in [5.41, 5.74) is 3.30. The van der Waals surface area contributed by atoms with Crippen molar-refractivity contribution in [2.24, 2.45) is 0 Å². The molecule has 0 bridgehead atoms. The Bertz CT molecular complexity index is 1080. The third kappa shape index (κ3) is 6.53. The maximum atomic E-state index is 13.0. The van der Waals surface area contributed by atoms with Gasteiger partial charge in [-0.1, -0.05) is 23.7 Å². The molecule has 0 unspecified atom stereocenters. The Hall–Kier alpha value is -3.00. The molecule has 2 aromatic carbocycles. The number of hydrogen-bond acceptors (Lipinski definition) is 6. The van der Waals surface area contributed by atoms with Gasteiger partial charge in [0.1, 0.15) is 0 Å². The molecule has 34 heavy (non-hydrogen) atoms. The number of benzene rings is 2. The molecule has 1 aliphatic heterocycles. The van der Waals surface area contributed by atoms with E-state index in [0.717, 1.165) is 62.6 Å². The molecule has 0 atom stereocenters. The van der Waals surface area contributed by atoms with E-state index in [0.29, 0.717) is 16.5 Å². The van der Waals surface area contributed by atoms with Crippen LogP contribution in [0.2, 0.25) is 5.02 Å². The standard InChI is InChI=1S/C26H31ClN6O/c1-31(2)14-3-15-32-16-18-33(19-17-32)25(34)21-6-10-23(11-7-21)29-26-28-13-12-24(30-26)20-4-8-22(27)9-5-20/h4-13H,3,14-19H2,1-2H3,(H,28,29,30). The van der Waals surface area contributed by atoms with Crippen LogP contribution >= 0.6 is 11.6 Å². The zero-order chi connectivity index (χ0) is 23.9. The molecule has 0 saturated carbocycles. The number of nitrogens with one attached hydrogen (secondary N) is 1. The Morgan fingerprint density at radius 1 is 1.00 bits per heavy atom. The Morgan fingerprint density at radius 2 is 1.71 bits per heavy atom. The quantitative estimate of drug-likeness (QED) is 0.522. The number of amides is 1. The topological polar surface area (TPSA) is 64.6 Å². The summed E-state index contributed by atoms with van der Waals surface area (Å²) in [5, 5.41) is 3.91. The second kappa shape index (κ2) is 11.4. The molecule has 0 aliphatic carbocycles. The monoisotopic (exact) mass is 478 g/mol. The van der Waals surface area contributed by atoms with Crippen LogP contribution in [0.1, 0.15) is 16.8 Å². The van der Waals surface area contributed by atoms with Gasteiger partial charge in [-0.25, -0.2) is 9.97 Å². The number of carbonyl (C=O) groups is 1. The van der Waals surface area contributed by atoms with Crippen LogP contribution in [0.3, 0.4) is 0 Å². The molecule has 1 amide bonds. The van der Waals surface area contributed by atoms with Gasteiger partial charge in [0, 0.05) is 54.2 Å². The summed E-state index contributed by atoms with van der Waals surface area (Å²) in [5.74, 6) is 0.581. The number of anilines is 2. The second-order valence-corrected chi connectivity index (χ2v) is 9.20. The van der Waals surface area contributed by atoms with Crippen LogP contribution in [0.5, 0.6) is 0 Å². The van der Waals surface area contributed by atoms with Crippen molar-refractivity contribution in [3.8, 4) is 11.3 Å². The van der Waals surface area contributed by atoms with Crippen molar-refractivity contribution < 1.29 is 4.79 Å². The summed E-state index contributed by atoms with van der Waals surface area (Å²) in [4.78, 5) is 28.5. The van der Waals surface area contributed by atoms with E-state index < -0.39 is 0 Å². The van der Waals surface area contributed by atoms with E-state index >= 15 is 0 Å². The number of hydrogen-bond donors (Lipinski definition) is 1. The van der Waals surface area contributed by atoms with E-state index in [1.807, 2.05) is 59.5 Å². The van der Waals surface area contributed by atoms with E-state index in [2.05, 4.69) is 39.2 Å². The molecule has 2 heterocycles. The summed E-state index contributed by atoms with van der Waals surface area (Å²) in [6.07, 6.45) is 2.87. The van der Waals surface area contributed by atoms with Crippen LogP contribution in [0.25, 0.3) is 11.3 Å². The number of nitrogens with zero attached hydrogens (tertiary/aromatic N) is 5. The van der Waals surface area contributed by atoms with Gasteiger partial charge in [-0.3, -0.25) is 9.69 Å². The fourth-order valence-corrected chi connectivity index (χ4v) is 4.12. The largest absolute Gasteiger partial charge is 0.336 e. The predicted octanol–water partition coefficient (Wildman–Crippen LogP) is 4.25. The third-order valence-electron chi connectivity index (χ3n) is 5.92. The molecule has 178 valence electrons. The zero-order valence-corrected chi connectivity index (χ0v) is 20.5. The van der Waals surface area contributed by atoms with E-state index in [1.54, 1.807) is 6.20 Å². The predicted molar refractivity (Wildman–Crippen MR) is 138 cm³/mol. The summed E-state index contributed by atoms with van der Waals surface area (Å²) >= 11 is 5.98. The molecule has 0 radical (unpaired) electrons. The third-order valence-corrected chi connectivity index (χ3v) is 6.17. The van der Waals surface area contributed by atoms with Crippen molar-refractivity contribution in [1.29, 1.82) is 0 Å². The number of aromatic nitrogens is 2. The number of carbonyl (C=O) groups excluding carboxylic acids is 1. The van der Waals surface area contributed by atoms with E-state index in [4.69, 9.17) is 11.6 Å². The minimum Gasteiger partial charge on any atom is -0.336 e. The van der Waals surface area contributed by atoms with Crippen molar-refractivity contribution in [3.63, 3.8) is 0 Å². The van der Waals surface area contributed by atoms with Gasteiger partial charge in [0.25, 0.3) is 5.91 Å². The minimum atomic E-state index is 0.0838. The van der Waals surface area contributed by atoms with Crippen LogP contribution in [-0.4, -0.2) is 83.9 Å². The second-order valence-electron chi connectivity index (χ2n) is 8.77. The Morgan fingerprint density at radius 3 is 2.38 bits per heavy atom. The SMILES string of the molecule is CN(C)CCCN1CCN(C(=O)c2ccc(Nc3nccc(-c4ccc(Cl)cc4)n3)cc2)CC1. The maximum absolute atomic E-state index is 13.0. The average molecular weight is 479 g/mol. The van der Waals surface area contributed by atoms with Gasteiger partial charge in [0.2, 0.25) is 5.95 Å². The lowest BCUT2D eigenvalue weighted by atomic mass is 10.1. The highest BCUT2D eigenvalue weighted by molar-refractivity contribution is 6.30. The van der Waals surface area contributed by atoms with Gasteiger partial charge in [0.15, 0.2) is 0 Å². The molecule has 1 aromatic heterocycles. The Balaban J connectivity index is 1.32. The summed E-state index contributed by atoms with van der Waals surface area (Å²) in [6, 6.07) is 16.9. The first kappa shape index (κ1) is 24.1. The smallest absolute Gasteiger partial charge is 0.253 e. The van der Waals surface area contributed by atoms with Crippen molar-refractivity contribution in [3.05, 3.63) is 71.4 Å². The molecule has 1 aliphatic rings. The highest BCUT2D eigenvalue weighted by Gasteiger charge is 2.21. The lowest BCUT2D eigenvalue weighted by Crippen LogP contribution is -2.49. The highest BCUT2D eigenvalue weighted by Crippen LogP contribution is 2.22. The fraction of sp³-hybridized carbons (Fsp3) is 0.346. The van der Waals surface area contributed by atoms with Crippen molar-refractivity contribution in [2.45, 2.75) is 6.42 Å². The van der Waals surface area contributed by atoms with Gasteiger partial charge in [-0.05, 0) is 76.1 Å². The Labute approximate surface area is 206 Å². The first-order chi connectivity index (χ1) is 16.5. The summed E-state index contributed by atoms with van der Waals surface area (Å²) < 4.78 is 0. The molecule has 1 fully saturated rings. The van der Waals surface area contributed by atoms with Crippen LogP contribution < -0.4 is 5.32 Å². The highest BCUT2D eigenvalue weighted by atomic mass is 35.5. The average Bonchev–Trinajstić information content (AvgIpc) is 2.85. The fourth-order valence-electron chi connectivity index (χ4n) is 3.99. The lowest BCUT2D eigenvalue weighted by Gasteiger charge is -2.35. The van der Waals surface area contributed by atoms with Crippen molar-refractivity contribution >= 4 is 29.1 Å². The van der Waals surface area contributed by atoms with Gasteiger partial charge in [0.05, 0.1) is 5.69 Å². The number of rotatable bonds is 8. The normalized spacial score (nSPS) is 14.4. The molecule has 8 heteroatoms. The van der Waals surface area contributed by atoms with Crippen molar-refractivity contribution in [1.82, 2.24) is 24.7 Å². The summed E-state index contributed by atoms with van der Waals surface area (Å²) in [7, 11) is 4.20. The lowest BCUT2D eigenvalue weighted by molar-refractivity contribution is 0.0634. The molecule has 0 spiro atoms. The van der Waals surface area contributed by atoms with Gasteiger partial charge in [-0.2, -0.15) is 0 Å². The summed E-state index contributed by atoms with van der Waals surface area (Å²) in [6.45, 7) is 5.58. The first-order valence-electron chi connectivity index (χ1n) is 11.6. The molecular formula is C26H31ClN6O. The van der Waals surface area contributed by atoms with Crippen LogP contribution in [0, 0.1) is 0 Å². The van der Waals surface area contributed by atoms with E-state index in [-0.39, 0.29) is 5.91 Å². The minimum absolute atomic E-state index is 0.0838. The van der Waals surface area contributed by atoms with Crippen LogP contribution in [0.15, 0.2) is 60.8 Å². The van der Waals surface area contributed by atoms with Gasteiger partial charge < -0.3 is 15.1 Å². The zero-order valence-electron chi connectivity index (χ0n) is 19.7. The molecule has 1 saturated heterocycles. The van der Waals surface area contributed by atoms with Crippen molar-refractivity contribution in [2.75, 3.05) is 58.7 Å². The first-order valence-corrected chi connectivity index (χ1v) is 12.0. The molecule has 7 nitrogen and oxygen atoms in total. The van der Waals surface area contributed by atoms with E-state index in [1.165, 1.54) is 0 Å².